The number of benzene rings is 1. The van der Waals surface area contributed by atoms with Gasteiger partial charge in [0.25, 0.3) is 0 Å². The predicted molar refractivity (Wildman–Crippen MR) is 123 cm³/mol. The number of nitrogens with zero attached hydrogens (tertiary/aromatic N) is 4. The fraction of sp³-hybridized carbons (Fsp3) is 0.391. The van der Waals surface area contributed by atoms with Crippen molar-refractivity contribution in [1.29, 1.82) is 0 Å². The van der Waals surface area contributed by atoms with Gasteiger partial charge < -0.3 is 19.5 Å². The Morgan fingerprint density at radius 1 is 1.03 bits per heavy atom. The van der Waals surface area contributed by atoms with E-state index in [0.29, 0.717) is 5.92 Å². The van der Waals surface area contributed by atoms with Gasteiger partial charge >= 0.3 is 0 Å². The fourth-order valence-corrected chi connectivity index (χ4v) is 5.69. The smallest absolute Gasteiger partial charge is 0.188 e. The lowest BCUT2D eigenvalue weighted by Gasteiger charge is -2.33. The van der Waals surface area contributed by atoms with Gasteiger partial charge in [-0.1, -0.05) is 29.5 Å². The molecule has 0 aliphatic carbocycles. The minimum atomic E-state index is 0.612. The summed E-state index contributed by atoms with van der Waals surface area (Å²) in [6.07, 6.45) is 6.56. The summed E-state index contributed by atoms with van der Waals surface area (Å²) in [4.78, 5) is 18.8. The second kappa shape index (κ2) is 7.56. The standard InChI is InChI=1S/C23H25N5OS/c1-2-4-20-18(3-1)19(15-24-20)16-5-7-27(8-6-16)17-13-21-22(25-14-17)30-23(26-21)28-9-11-29-12-10-28/h1-4,13-16,24H,5-12H2. The van der Waals surface area contributed by atoms with Crippen molar-refractivity contribution < 1.29 is 4.74 Å². The van der Waals surface area contributed by atoms with Crippen LogP contribution in [0.5, 0.6) is 0 Å². The summed E-state index contributed by atoms with van der Waals surface area (Å²) in [6.45, 7) is 5.48. The van der Waals surface area contributed by atoms with Crippen LogP contribution in [-0.4, -0.2) is 54.3 Å². The summed E-state index contributed by atoms with van der Waals surface area (Å²) in [7, 11) is 0. The van der Waals surface area contributed by atoms with Gasteiger partial charge in [-0.05, 0) is 36.5 Å². The molecule has 2 saturated heterocycles. The summed E-state index contributed by atoms with van der Waals surface area (Å²) in [5.41, 5.74) is 4.91. The topological polar surface area (TPSA) is 57.3 Å². The first kappa shape index (κ1) is 18.2. The number of thiazole rings is 1. The van der Waals surface area contributed by atoms with Gasteiger partial charge in [0.1, 0.15) is 10.3 Å². The van der Waals surface area contributed by atoms with E-state index in [1.54, 1.807) is 11.3 Å². The molecule has 0 radical (unpaired) electrons. The Kier molecular flexibility index (Phi) is 4.57. The maximum absolute atomic E-state index is 5.46. The molecule has 0 amide bonds. The van der Waals surface area contributed by atoms with Gasteiger partial charge in [-0.25, -0.2) is 9.97 Å². The zero-order valence-corrected chi connectivity index (χ0v) is 17.7. The largest absolute Gasteiger partial charge is 0.378 e. The first-order valence-corrected chi connectivity index (χ1v) is 11.6. The summed E-state index contributed by atoms with van der Waals surface area (Å²) >= 11 is 1.69. The van der Waals surface area contributed by atoms with Crippen molar-refractivity contribution in [3.8, 4) is 0 Å². The van der Waals surface area contributed by atoms with Gasteiger partial charge in [0.05, 0.1) is 25.1 Å². The highest BCUT2D eigenvalue weighted by molar-refractivity contribution is 7.21. The highest BCUT2D eigenvalue weighted by Gasteiger charge is 2.24. The van der Waals surface area contributed by atoms with Crippen LogP contribution < -0.4 is 9.80 Å². The summed E-state index contributed by atoms with van der Waals surface area (Å²) in [6, 6.07) is 10.8. The Balaban J connectivity index is 1.19. The number of para-hydroxylation sites is 1. The van der Waals surface area contributed by atoms with Crippen LogP contribution in [0.4, 0.5) is 10.8 Å². The Morgan fingerprint density at radius 2 is 1.87 bits per heavy atom. The number of rotatable bonds is 3. The van der Waals surface area contributed by atoms with Crippen LogP contribution in [0.15, 0.2) is 42.7 Å². The van der Waals surface area contributed by atoms with Gasteiger partial charge in [0.15, 0.2) is 5.13 Å². The van der Waals surface area contributed by atoms with Crippen molar-refractivity contribution >= 4 is 43.4 Å². The van der Waals surface area contributed by atoms with Crippen LogP contribution in [0.3, 0.4) is 0 Å². The second-order valence-electron chi connectivity index (χ2n) is 8.16. The molecule has 2 aliphatic rings. The fourth-order valence-electron chi connectivity index (χ4n) is 4.74. The molecular weight excluding hydrogens is 394 g/mol. The lowest BCUT2D eigenvalue weighted by molar-refractivity contribution is 0.122. The lowest BCUT2D eigenvalue weighted by atomic mass is 9.89. The molecule has 3 aromatic heterocycles. The average Bonchev–Trinajstić information content (AvgIpc) is 3.44. The number of fused-ring (bicyclic) bond motifs is 2. The second-order valence-corrected chi connectivity index (χ2v) is 9.12. The van der Waals surface area contributed by atoms with Crippen LogP contribution in [0, 0.1) is 0 Å². The van der Waals surface area contributed by atoms with E-state index < -0.39 is 0 Å². The maximum atomic E-state index is 5.46. The van der Waals surface area contributed by atoms with E-state index in [0.717, 1.165) is 67.7 Å². The van der Waals surface area contributed by atoms with Gasteiger partial charge in [0.2, 0.25) is 0 Å². The zero-order chi connectivity index (χ0) is 19.9. The lowest BCUT2D eigenvalue weighted by Crippen LogP contribution is -2.36. The summed E-state index contributed by atoms with van der Waals surface area (Å²) in [5.74, 6) is 0.612. The molecule has 1 aromatic carbocycles. The van der Waals surface area contributed by atoms with Crippen LogP contribution in [-0.2, 0) is 4.74 Å². The van der Waals surface area contributed by atoms with E-state index >= 15 is 0 Å². The molecule has 0 unspecified atom stereocenters. The average molecular weight is 420 g/mol. The number of aromatic amines is 1. The number of ether oxygens (including phenoxy) is 1. The number of hydrogen-bond acceptors (Lipinski definition) is 6. The minimum absolute atomic E-state index is 0.612. The maximum Gasteiger partial charge on any atom is 0.188 e. The number of nitrogens with one attached hydrogen (secondary N) is 1. The predicted octanol–water partition coefficient (Wildman–Crippen LogP) is 4.39. The van der Waals surface area contributed by atoms with Crippen molar-refractivity contribution in [3.05, 3.63) is 48.3 Å². The van der Waals surface area contributed by atoms with Gasteiger partial charge in [-0.3, -0.25) is 0 Å². The Hall–Kier alpha value is -2.64. The van der Waals surface area contributed by atoms with Crippen LogP contribution in [0.25, 0.3) is 21.3 Å². The number of morpholine rings is 1. The van der Waals surface area contributed by atoms with Crippen LogP contribution in [0.1, 0.15) is 24.3 Å². The molecule has 2 fully saturated rings. The monoisotopic (exact) mass is 419 g/mol. The van der Waals surface area contributed by atoms with Crippen molar-refractivity contribution in [1.82, 2.24) is 15.0 Å². The molecule has 6 nitrogen and oxygen atoms in total. The number of H-pyrrole nitrogens is 1. The summed E-state index contributed by atoms with van der Waals surface area (Å²) in [5, 5.41) is 2.44. The first-order valence-electron chi connectivity index (χ1n) is 10.8. The molecule has 5 heterocycles. The quantitative estimate of drug-likeness (QED) is 0.534. The molecule has 30 heavy (non-hydrogen) atoms. The number of piperidine rings is 1. The molecule has 0 saturated carbocycles. The number of aromatic nitrogens is 3. The van der Waals surface area contributed by atoms with E-state index in [4.69, 9.17) is 14.7 Å². The molecule has 154 valence electrons. The highest BCUT2D eigenvalue weighted by atomic mass is 32.1. The molecule has 0 atom stereocenters. The molecule has 7 heteroatoms. The third-order valence-electron chi connectivity index (χ3n) is 6.42. The van der Waals surface area contributed by atoms with Crippen molar-refractivity contribution in [3.63, 3.8) is 0 Å². The Labute approximate surface area is 179 Å². The zero-order valence-electron chi connectivity index (χ0n) is 16.9. The minimum Gasteiger partial charge on any atom is -0.378 e. The first-order chi connectivity index (χ1) is 14.8. The van der Waals surface area contributed by atoms with E-state index in [9.17, 15) is 0 Å². The SMILES string of the molecule is c1ccc2c(C3CCN(c4cnc5sc(N6CCOCC6)nc5c4)CC3)c[nH]c2c1. The van der Waals surface area contributed by atoms with E-state index in [1.165, 1.54) is 22.2 Å². The van der Waals surface area contributed by atoms with Crippen molar-refractivity contribution in [2.45, 2.75) is 18.8 Å². The molecule has 1 N–H and O–H groups in total. The molecular formula is C23H25N5OS. The van der Waals surface area contributed by atoms with Crippen molar-refractivity contribution in [2.24, 2.45) is 0 Å². The van der Waals surface area contributed by atoms with Gasteiger partial charge in [-0.15, -0.1) is 0 Å². The molecule has 0 spiro atoms. The van der Waals surface area contributed by atoms with Gasteiger partial charge in [0, 0.05) is 43.3 Å². The Morgan fingerprint density at radius 3 is 2.73 bits per heavy atom. The highest BCUT2D eigenvalue weighted by Crippen LogP contribution is 2.35. The number of anilines is 2. The molecule has 0 bridgehead atoms. The third-order valence-corrected chi connectivity index (χ3v) is 7.46. The third kappa shape index (κ3) is 3.22. The summed E-state index contributed by atoms with van der Waals surface area (Å²) < 4.78 is 5.46. The van der Waals surface area contributed by atoms with Gasteiger partial charge in [-0.2, -0.15) is 0 Å². The molecule has 6 rings (SSSR count). The number of hydrogen-bond donors (Lipinski definition) is 1. The molecule has 2 aliphatic heterocycles. The normalized spacial score (nSPS) is 18.5. The van der Waals surface area contributed by atoms with E-state index in [2.05, 4.69) is 51.3 Å². The van der Waals surface area contributed by atoms with E-state index in [-0.39, 0.29) is 0 Å². The van der Waals surface area contributed by atoms with Crippen molar-refractivity contribution in [2.75, 3.05) is 49.2 Å². The van der Waals surface area contributed by atoms with Crippen LogP contribution >= 0.6 is 11.3 Å². The van der Waals surface area contributed by atoms with E-state index in [1.807, 2.05) is 6.20 Å². The number of pyridine rings is 1. The Bertz CT molecular complexity index is 1170. The molecule has 4 aromatic rings. The van der Waals surface area contributed by atoms with Crippen LogP contribution in [0.2, 0.25) is 0 Å².